The summed E-state index contributed by atoms with van der Waals surface area (Å²) in [5, 5.41) is 5.22. The Bertz CT molecular complexity index is 895. The van der Waals surface area contributed by atoms with E-state index in [9.17, 15) is 14.4 Å². The Morgan fingerprint density at radius 2 is 1.54 bits per heavy atom. The Hall–Kier alpha value is -3.26. The molecule has 0 atom stereocenters. The third kappa shape index (κ3) is 5.88. The van der Waals surface area contributed by atoms with Crippen LogP contribution in [0.2, 0.25) is 0 Å². The van der Waals surface area contributed by atoms with Crippen LogP contribution in [0, 0.1) is 12.8 Å². The molecule has 0 radical (unpaired) electrons. The summed E-state index contributed by atoms with van der Waals surface area (Å²) in [6.07, 6.45) is 0. The number of amides is 3. The highest BCUT2D eigenvalue weighted by Gasteiger charge is 2.12. The monoisotopic (exact) mass is 398 g/mol. The van der Waals surface area contributed by atoms with Gasteiger partial charge in [-0.05, 0) is 55.0 Å². The van der Waals surface area contributed by atoms with Crippen molar-refractivity contribution in [3.05, 3.63) is 65.2 Å². The Morgan fingerprint density at radius 3 is 2.14 bits per heavy atom. The van der Waals surface area contributed by atoms with E-state index in [4.69, 9.17) is 12.2 Å². The fourth-order valence-corrected chi connectivity index (χ4v) is 2.35. The molecule has 0 aromatic heterocycles. The lowest BCUT2D eigenvalue weighted by molar-refractivity contribution is -0.118. The van der Waals surface area contributed by atoms with Crippen LogP contribution in [0.1, 0.15) is 40.1 Å². The molecule has 0 bridgehead atoms. The molecule has 28 heavy (non-hydrogen) atoms. The number of carbonyl (C=O) groups excluding carboxylic acids is 3. The molecule has 2 rings (SSSR count). The van der Waals surface area contributed by atoms with Gasteiger partial charge in [-0.2, -0.15) is 0 Å². The van der Waals surface area contributed by atoms with E-state index < -0.39 is 5.91 Å². The third-order valence-electron chi connectivity index (χ3n) is 3.85. The average molecular weight is 398 g/mol. The van der Waals surface area contributed by atoms with E-state index in [1.54, 1.807) is 50.2 Å². The highest BCUT2D eigenvalue weighted by Crippen LogP contribution is 2.11. The molecule has 4 N–H and O–H groups in total. The van der Waals surface area contributed by atoms with Crippen LogP contribution in [0.3, 0.4) is 0 Å². The molecule has 7 nitrogen and oxygen atoms in total. The molecule has 0 aliphatic heterocycles. The van der Waals surface area contributed by atoms with Crippen molar-refractivity contribution in [1.29, 1.82) is 0 Å². The first-order valence-corrected chi connectivity index (χ1v) is 9.07. The fourth-order valence-electron chi connectivity index (χ4n) is 2.21. The lowest BCUT2D eigenvalue weighted by Crippen LogP contribution is -2.48. The molecule has 0 saturated carbocycles. The van der Waals surface area contributed by atoms with E-state index in [0.717, 1.165) is 5.56 Å². The molecule has 8 heteroatoms. The van der Waals surface area contributed by atoms with Crippen molar-refractivity contribution in [1.82, 2.24) is 16.2 Å². The Labute approximate surface area is 168 Å². The zero-order valence-corrected chi connectivity index (χ0v) is 16.6. The highest BCUT2D eigenvalue weighted by atomic mass is 32.1. The second kappa shape index (κ2) is 9.61. The molecule has 2 aromatic carbocycles. The van der Waals surface area contributed by atoms with Crippen molar-refractivity contribution in [2.24, 2.45) is 5.92 Å². The van der Waals surface area contributed by atoms with Crippen LogP contribution in [0.15, 0.2) is 48.5 Å². The summed E-state index contributed by atoms with van der Waals surface area (Å²) in [5.74, 6) is -1.04. The lowest BCUT2D eigenvalue weighted by atomic mass is 10.1. The molecule has 2 aromatic rings. The topological polar surface area (TPSA) is 99.3 Å². The summed E-state index contributed by atoms with van der Waals surface area (Å²) in [5.41, 5.74) is 7.19. The Morgan fingerprint density at radius 1 is 0.893 bits per heavy atom. The molecule has 0 spiro atoms. The van der Waals surface area contributed by atoms with Gasteiger partial charge in [-0.25, -0.2) is 0 Å². The van der Waals surface area contributed by atoms with Gasteiger partial charge in [0, 0.05) is 22.7 Å². The quantitative estimate of drug-likeness (QED) is 0.469. The summed E-state index contributed by atoms with van der Waals surface area (Å²) in [6, 6.07) is 13.5. The minimum Gasteiger partial charge on any atom is -0.326 e. The summed E-state index contributed by atoms with van der Waals surface area (Å²) < 4.78 is 0. The summed E-state index contributed by atoms with van der Waals surface area (Å²) in [6.45, 7) is 5.41. The predicted octanol–water partition coefficient (Wildman–Crippen LogP) is 2.54. The number of rotatable bonds is 4. The van der Waals surface area contributed by atoms with Gasteiger partial charge in [-0.3, -0.25) is 30.6 Å². The van der Waals surface area contributed by atoms with E-state index in [2.05, 4.69) is 21.5 Å². The van der Waals surface area contributed by atoms with Crippen molar-refractivity contribution in [2.45, 2.75) is 20.8 Å². The minimum absolute atomic E-state index is 0.0255. The van der Waals surface area contributed by atoms with Crippen molar-refractivity contribution in [3.8, 4) is 0 Å². The summed E-state index contributed by atoms with van der Waals surface area (Å²) in [4.78, 5) is 36.0. The zero-order chi connectivity index (χ0) is 20.7. The van der Waals surface area contributed by atoms with Crippen LogP contribution >= 0.6 is 12.2 Å². The Balaban J connectivity index is 1.86. The maximum atomic E-state index is 12.2. The van der Waals surface area contributed by atoms with E-state index in [-0.39, 0.29) is 22.8 Å². The van der Waals surface area contributed by atoms with E-state index >= 15 is 0 Å². The Kier molecular flexibility index (Phi) is 7.22. The zero-order valence-electron chi connectivity index (χ0n) is 15.8. The normalized spacial score (nSPS) is 10.1. The maximum absolute atomic E-state index is 12.2. The van der Waals surface area contributed by atoms with Crippen LogP contribution < -0.4 is 21.5 Å². The molecule has 0 fully saturated rings. The highest BCUT2D eigenvalue weighted by molar-refractivity contribution is 7.80. The molecule has 0 aliphatic carbocycles. The standard InChI is InChI=1S/C20H22N4O3S/c1-12(2)17(25)21-15-10-8-14(9-11-15)18(26)23-24-20(28)22-19(27)16-7-5-4-6-13(16)3/h4-12H,1-3H3,(H,21,25)(H,23,26)(H2,22,24,27,28). The van der Waals surface area contributed by atoms with Crippen molar-refractivity contribution in [2.75, 3.05) is 5.32 Å². The largest absolute Gasteiger partial charge is 0.326 e. The summed E-state index contributed by atoms with van der Waals surface area (Å²) in [7, 11) is 0. The summed E-state index contributed by atoms with van der Waals surface area (Å²) >= 11 is 5.03. The van der Waals surface area contributed by atoms with Crippen LogP contribution in [0.5, 0.6) is 0 Å². The van der Waals surface area contributed by atoms with Crippen LogP contribution in [-0.2, 0) is 4.79 Å². The number of hydrazine groups is 1. The van der Waals surface area contributed by atoms with Gasteiger partial charge in [0.25, 0.3) is 11.8 Å². The van der Waals surface area contributed by atoms with Gasteiger partial charge in [-0.1, -0.05) is 32.0 Å². The number of anilines is 1. The maximum Gasteiger partial charge on any atom is 0.269 e. The fraction of sp³-hybridized carbons (Fsp3) is 0.200. The molecule has 3 amide bonds. The average Bonchev–Trinajstić information content (AvgIpc) is 2.66. The van der Waals surface area contributed by atoms with Gasteiger partial charge in [0.05, 0.1) is 0 Å². The predicted molar refractivity (Wildman–Crippen MR) is 112 cm³/mol. The van der Waals surface area contributed by atoms with Crippen molar-refractivity contribution >= 4 is 40.7 Å². The van der Waals surface area contributed by atoms with Crippen molar-refractivity contribution in [3.63, 3.8) is 0 Å². The van der Waals surface area contributed by atoms with Gasteiger partial charge in [-0.15, -0.1) is 0 Å². The number of nitrogens with one attached hydrogen (secondary N) is 4. The van der Waals surface area contributed by atoms with Gasteiger partial charge < -0.3 is 5.32 Å². The molecule has 0 saturated heterocycles. The number of hydrogen-bond acceptors (Lipinski definition) is 4. The smallest absolute Gasteiger partial charge is 0.269 e. The van der Waals surface area contributed by atoms with E-state index in [1.807, 2.05) is 19.1 Å². The van der Waals surface area contributed by atoms with Gasteiger partial charge >= 0.3 is 0 Å². The first kappa shape index (κ1) is 21.0. The van der Waals surface area contributed by atoms with E-state index in [1.165, 1.54) is 0 Å². The van der Waals surface area contributed by atoms with Crippen LogP contribution in [0.25, 0.3) is 0 Å². The van der Waals surface area contributed by atoms with Gasteiger partial charge in [0.2, 0.25) is 5.91 Å². The van der Waals surface area contributed by atoms with Gasteiger partial charge in [0.1, 0.15) is 0 Å². The van der Waals surface area contributed by atoms with Gasteiger partial charge in [0.15, 0.2) is 5.11 Å². The SMILES string of the molecule is Cc1ccccc1C(=O)NC(=S)NNC(=O)c1ccc(NC(=O)C(C)C)cc1. The number of carbonyl (C=O) groups is 3. The van der Waals surface area contributed by atoms with E-state index in [0.29, 0.717) is 16.8 Å². The number of aryl methyl sites for hydroxylation is 1. The minimum atomic E-state index is -0.436. The molecule has 146 valence electrons. The first-order valence-electron chi connectivity index (χ1n) is 8.66. The first-order chi connectivity index (χ1) is 13.3. The molecule has 0 unspecified atom stereocenters. The third-order valence-corrected chi connectivity index (χ3v) is 4.05. The van der Waals surface area contributed by atoms with Crippen LogP contribution in [0.4, 0.5) is 5.69 Å². The number of benzene rings is 2. The molecule has 0 heterocycles. The molecule has 0 aliphatic rings. The molecular formula is C20H22N4O3S. The number of hydrogen-bond donors (Lipinski definition) is 4. The second-order valence-corrected chi connectivity index (χ2v) is 6.81. The van der Waals surface area contributed by atoms with Crippen LogP contribution in [-0.4, -0.2) is 22.8 Å². The second-order valence-electron chi connectivity index (χ2n) is 6.40. The molecular weight excluding hydrogens is 376 g/mol. The number of thiocarbonyl (C=S) groups is 1. The lowest BCUT2D eigenvalue weighted by Gasteiger charge is -2.12. The van der Waals surface area contributed by atoms with Crippen molar-refractivity contribution < 1.29 is 14.4 Å².